The van der Waals surface area contributed by atoms with E-state index in [1.165, 1.54) is 17.4 Å². The molecule has 0 spiro atoms. The van der Waals surface area contributed by atoms with E-state index in [-0.39, 0.29) is 30.3 Å². The Morgan fingerprint density at radius 1 is 1.12 bits per heavy atom. The van der Waals surface area contributed by atoms with E-state index in [9.17, 15) is 9.59 Å². The Morgan fingerprint density at radius 2 is 1.92 bits per heavy atom. The molecule has 3 aliphatic rings. The molecule has 5 heteroatoms. The Labute approximate surface area is 153 Å². The molecule has 0 bridgehead atoms. The van der Waals surface area contributed by atoms with Crippen LogP contribution in [0.4, 0.5) is 0 Å². The lowest BCUT2D eigenvalue weighted by molar-refractivity contribution is -0.152. The number of piperazine rings is 1. The van der Waals surface area contributed by atoms with Gasteiger partial charge < -0.3 is 14.8 Å². The van der Waals surface area contributed by atoms with Gasteiger partial charge in [-0.3, -0.25) is 9.59 Å². The normalized spacial score (nSPS) is 23.8. The number of nitrogens with zero attached hydrogens (tertiary/aromatic N) is 2. The van der Waals surface area contributed by atoms with Crippen LogP contribution in [0.15, 0.2) is 24.3 Å². The zero-order chi connectivity index (χ0) is 17.7. The Kier molecular flexibility index (Phi) is 3.76. The number of hydrogen-bond acceptors (Lipinski definition) is 2. The van der Waals surface area contributed by atoms with E-state index in [0.717, 1.165) is 49.9 Å². The van der Waals surface area contributed by atoms with Crippen molar-refractivity contribution in [2.45, 2.75) is 44.6 Å². The number of carbonyl (C=O) groups is 2. The highest BCUT2D eigenvalue weighted by Gasteiger charge is 2.41. The third-order valence-electron chi connectivity index (χ3n) is 6.46. The third-order valence-corrected chi connectivity index (χ3v) is 6.46. The van der Waals surface area contributed by atoms with E-state index >= 15 is 0 Å². The van der Waals surface area contributed by atoms with Crippen LogP contribution in [0.1, 0.15) is 49.4 Å². The topological polar surface area (TPSA) is 56.4 Å². The highest BCUT2D eigenvalue weighted by atomic mass is 16.2. The van der Waals surface area contributed by atoms with Crippen molar-refractivity contribution in [3.05, 3.63) is 35.5 Å². The van der Waals surface area contributed by atoms with Crippen molar-refractivity contribution in [2.24, 2.45) is 5.92 Å². The van der Waals surface area contributed by atoms with Crippen molar-refractivity contribution in [1.82, 2.24) is 14.8 Å². The Balaban J connectivity index is 1.46. The molecule has 2 aliphatic heterocycles. The number of benzene rings is 1. The van der Waals surface area contributed by atoms with Crippen LogP contribution in [0.25, 0.3) is 10.9 Å². The second-order valence-electron chi connectivity index (χ2n) is 7.97. The van der Waals surface area contributed by atoms with Gasteiger partial charge >= 0.3 is 0 Å². The fourth-order valence-electron chi connectivity index (χ4n) is 5.11. The molecule has 2 aromatic rings. The number of carbonyl (C=O) groups excluding carboxylic acids is 2. The predicted molar refractivity (Wildman–Crippen MR) is 99.6 cm³/mol. The first-order chi connectivity index (χ1) is 12.7. The van der Waals surface area contributed by atoms with Crippen LogP contribution in [0.2, 0.25) is 0 Å². The van der Waals surface area contributed by atoms with Crippen LogP contribution < -0.4 is 0 Å². The minimum absolute atomic E-state index is 0.0278. The summed E-state index contributed by atoms with van der Waals surface area (Å²) in [5.74, 6) is 0.407. The SMILES string of the molecule is O=C(C1CCCCC1)N1CC(=O)N2CCc3c([nH]c4ccccc34)C2C1. The molecule has 1 saturated heterocycles. The Morgan fingerprint density at radius 3 is 2.77 bits per heavy atom. The summed E-state index contributed by atoms with van der Waals surface area (Å²) in [6, 6.07) is 8.31. The maximum atomic E-state index is 13.0. The van der Waals surface area contributed by atoms with E-state index in [0.29, 0.717) is 6.54 Å². The minimum atomic E-state index is -0.0278. The molecule has 0 radical (unpaired) electrons. The molecule has 1 atom stereocenters. The van der Waals surface area contributed by atoms with Gasteiger partial charge in [0.15, 0.2) is 0 Å². The van der Waals surface area contributed by atoms with Crippen molar-refractivity contribution in [2.75, 3.05) is 19.6 Å². The number of nitrogens with one attached hydrogen (secondary N) is 1. The standard InChI is InChI=1S/C21H25N3O2/c25-19-13-23(21(26)14-6-2-1-3-7-14)12-18-20-16(10-11-24(18)19)15-8-4-5-9-17(15)22-20/h4-5,8-9,14,18,22H,1-3,6-7,10-13H2. The fraction of sp³-hybridized carbons (Fsp3) is 0.524. The number of hydrogen-bond donors (Lipinski definition) is 1. The van der Waals surface area contributed by atoms with Gasteiger partial charge in [-0.25, -0.2) is 0 Å². The first-order valence-corrected chi connectivity index (χ1v) is 9.90. The average Bonchev–Trinajstić information content (AvgIpc) is 3.07. The van der Waals surface area contributed by atoms with E-state index < -0.39 is 0 Å². The van der Waals surface area contributed by atoms with Crippen molar-refractivity contribution in [3.8, 4) is 0 Å². The number of amides is 2. The summed E-state index contributed by atoms with van der Waals surface area (Å²) in [5.41, 5.74) is 3.58. The Hall–Kier alpha value is -2.30. The predicted octanol–water partition coefficient (Wildman–Crippen LogP) is 3.02. The third kappa shape index (κ3) is 2.44. The fourth-order valence-corrected chi connectivity index (χ4v) is 5.11. The number of para-hydroxylation sites is 1. The summed E-state index contributed by atoms with van der Waals surface area (Å²) in [7, 11) is 0. The number of rotatable bonds is 1. The average molecular weight is 351 g/mol. The molecule has 136 valence electrons. The van der Waals surface area contributed by atoms with Crippen LogP contribution >= 0.6 is 0 Å². The number of aromatic nitrogens is 1. The smallest absolute Gasteiger partial charge is 0.242 e. The van der Waals surface area contributed by atoms with Gasteiger partial charge in [0.05, 0.1) is 12.6 Å². The van der Waals surface area contributed by atoms with E-state index in [2.05, 4.69) is 23.2 Å². The summed E-state index contributed by atoms with van der Waals surface area (Å²) < 4.78 is 0. The van der Waals surface area contributed by atoms with Gasteiger partial charge in [-0.1, -0.05) is 37.5 Å². The highest BCUT2D eigenvalue weighted by molar-refractivity contribution is 5.89. The zero-order valence-corrected chi connectivity index (χ0v) is 15.0. The molecular weight excluding hydrogens is 326 g/mol. The number of aromatic amines is 1. The molecule has 2 fully saturated rings. The molecule has 1 saturated carbocycles. The quantitative estimate of drug-likeness (QED) is 0.859. The lowest BCUT2D eigenvalue weighted by atomic mass is 9.87. The maximum Gasteiger partial charge on any atom is 0.242 e. The van der Waals surface area contributed by atoms with Gasteiger partial charge in [-0.2, -0.15) is 0 Å². The van der Waals surface area contributed by atoms with E-state index in [1.807, 2.05) is 15.9 Å². The molecular formula is C21H25N3O2. The monoisotopic (exact) mass is 351 g/mol. The Bertz CT molecular complexity index is 865. The molecule has 1 unspecified atom stereocenters. The van der Waals surface area contributed by atoms with E-state index in [1.54, 1.807) is 0 Å². The van der Waals surface area contributed by atoms with E-state index in [4.69, 9.17) is 0 Å². The van der Waals surface area contributed by atoms with Gasteiger partial charge in [0.1, 0.15) is 0 Å². The summed E-state index contributed by atoms with van der Waals surface area (Å²) >= 11 is 0. The van der Waals surface area contributed by atoms with Gasteiger partial charge in [0.25, 0.3) is 0 Å². The number of H-pyrrole nitrogens is 1. The summed E-state index contributed by atoms with van der Waals surface area (Å²) in [6.45, 7) is 1.63. The van der Waals surface area contributed by atoms with Crippen molar-refractivity contribution >= 4 is 22.7 Å². The molecule has 5 nitrogen and oxygen atoms in total. The molecule has 2 amide bonds. The van der Waals surface area contributed by atoms with Gasteiger partial charge in [-0.05, 0) is 30.9 Å². The van der Waals surface area contributed by atoms with Crippen LogP contribution in [-0.4, -0.2) is 46.2 Å². The summed E-state index contributed by atoms with van der Waals surface area (Å²) in [5, 5.41) is 1.25. The molecule has 1 aromatic heterocycles. The van der Waals surface area contributed by atoms with Crippen LogP contribution in [0, 0.1) is 5.92 Å². The van der Waals surface area contributed by atoms with Gasteiger partial charge in [0.2, 0.25) is 11.8 Å². The second kappa shape index (κ2) is 6.15. The first-order valence-electron chi connectivity index (χ1n) is 9.90. The highest BCUT2D eigenvalue weighted by Crippen LogP contribution is 2.37. The molecule has 3 heterocycles. The molecule has 26 heavy (non-hydrogen) atoms. The molecule has 1 N–H and O–H groups in total. The van der Waals surface area contributed by atoms with Crippen LogP contribution in [0.3, 0.4) is 0 Å². The maximum absolute atomic E-state index is 13.0. The lowest BCUT2D eigenvalue weighted by Gasteiger charge is -2.44. The lowest BCUT2D eigenvalue weighted by Crippen LogP contribution is -2.56. The van der Waals surface area contributed by atoms with Crippen LogP contribution in [0.5, 0.6) is 0 Å². The van der Waals surface area contributed by atoms with Gasteiger partial charge in [0, 0.05) is 35.6 Å². The molecule has 1 aromatic carbocycles. The minimum Gasteiger partial charge on any atom is -0.356 e. The van der Waals surface area contributed by atoms with Crippen molar-refractivity contribution < 1.29 is 9.59 Å². The van der Waals surface area contributed by atoms with Gasteiger partial charge in [-0.15, -0.1) is 0 Å². The zero-order valence-electron chi connectivity index (χ0n) is 15.0. The molecule has 1 aliphatic carbocycles. The largest absolute Gasteiger partial charge is 0.356 e. The number of fused-ring (bicyclic) bond motifs is 5. The first kappa shape index (κ1) is 15.9. The summed E-state index contributed by atoms with van der Waals surface area (Å²) in [6.07, 6.45) is 6.36. The van der Waals surface area contributed by atoms with Crippen molar-refractivity contribution in [3.63, 3.8) is 0 Å². The second-order valence-corrected chi connectivity index (χ2v) is 7.97. The van der Waals surface area contributed by atoms with Crippen molar-refractivity contribution in [1.29, 1.82) is 0 Å². The summed E-state index contributed by atoms with van der Waals surface area (Å²) in [4.78, 5) is 33.1. The van der Waals surface area contributed by atoms with Crippen LogP contribution in [-0.2, 0) is 16.0 Å². The molecule has 5 rings (SSSR count).